The van der Waals surface area contributed by atoms with Gasteiger partial charge < -0.3 is 10.2 Å². The number of nitrogens with zero attached hydrogens (tertiary/aromatic N) is 2. The minimum absolute atomic E-state index is 0.0347. The van der Waals surface area contributed by atoms with E-state index in [4.69, 9.17) is 23.2 Å². The standard InChI is InChI=1S/C35H36BrCl2N3O4S/c1-24-10-18-30(19-11-24)46(44,45)41(29-16-13-27(36)14-17-29)23-33(42)40(22-26-12-15-28(37)21-31(26)38)32(34(43)39-35(2,3)4)20-25-8-6-5-7-9-25/h5-19,21,32H,20,22-23H2,1-4H3,(H,39,43)/t32-/m1/s1. The van der Waals surface area contributed by atoms with Crippen LogP contribution in [0.3, 0.4) is 0 Å². The van der Waals surface area contributed by atoms with Gasteiger partial charge in [-0.15, -0.1) is 0 Å². The number of rotatable bonds is 11. The smallest absolute Gasteiger partial charge is 0.264 e. The maximum Gasteiger partial charge on any atom is 0.264 e. The van der Waals surface area contributed by atoms with Crippen LogP contribution in [0.5, 0.6) is 0 Å². The molecule has 4 aromatic carbocycles. The molecule has 7 nitrogen and oxygen atoms in total. The lowest BCUT2D eigenvalue weighted by molar-refractivity contribution is -0.140. The first kappa shape index (κ1) is 35.5. The normalized spacial score (nSPS) is 12.3. The summed E-state index contributed by atoms with van der Waals surface area (Å²) in [5, 5.41) is 3.75. The first-order valence-corrected chi connectivity index (χ1v) is 17.6. The molecule has 0 radical (unpaired) electrons. The molecule has 46 heavy (non-hydrogen) atoms. The van der Waals surface area contributed by atoms with Gasteiger partial charge in [0.1, 0.15) is 12.6 Å². The van der Waals surface area contributed by atoms with E-state index in [1.165, 1.54) is 17.0 Å². The molecule has 11 heteroatoms. The Morgan fingerprint density at radius 1 is 0.891 bits per heavy atom. The Morgan fingerprint density at radius 2 is 1.52 bits per heavy atom. The van der Waals surface area contributed by atoms with Crippen LogP contribution in [0.2, 0.25) is 10.0 Å². The highest BCUT2D eigenvalue weighted by molar-refractivity contribution is 9.10. The molecule has 1 atom stereocenters. The summed E-state index contributed by atoms with van der Waals surface area (Å²) >= 11 is 16.1. The second kappa shape index (κ2) is 15.0. The molecular formula is C35H36BrCl2N3O4S. The maximum atomic E-state index is 14.6. The highest BCUT2D eigenvalue weighted by Gasteiger charge is 2.36. The molecule has 0 spiro atoms. The third-order valence-electron chi connectivity index (χ3n) is 7.13. The van der Waals surface area contributed by atoms with Crippen LogP contribution in [-0.4, -0.2) is 43.3 Å². The molecule has 0 bridgehead atoms. The van der Waals surface area contributed by atoms with Crippen molar-refractivity contribution in [1.29, 1.82) is 0 Å². The SMILES string of the molecule is Cc1ccc(S(=O)(=O)N(CC(=O)N(Cc2ccc(Cl)cc2Cl)[C@H](Cc2ccccc2)C(=O)NC(C)(C)C)c2ccc(Br)cc2)cc1. The summed E-state index contributed by atoms with van der Waals surface area (Å²) in [5.41, 5.74) is 1.97. The summed E-state index contributed by atoms with van der Waals surface area (Å²) in [6, 6.07) is 26.4. The molecule has 0 aliphatic carbocycles. The number of benzene rings is 4. The van der Waals surface area contributed by atoms with E-state index in [-0.39, 0.29) is 23.8 Å². The van der Waals surface area contributed by atoms with E-state index in [1.807, 2.05) is 58.0 Å². The molecule has 1 N–H and O–H groups in total. The van der Waals surface area contributed by atoms with Gasteiger partial charge in [0, 0.05) is 33.0 Å². The minimum atomic E-state index is -4.21. The number of carbonyl (C=O) groups excluding carboxylic acids is 2. The van der Waals surface area contributed by atoms with Crippen LogP contribution >= 0.6 is 39.1 Å². The lowest BCUT2D eigenvalue weighted by atomic mass is 10.0. The Labute approximate surface area is 289 Å². The number of nitrogens with one attached hydrogen (secondary N) is 1. The van der Waals surface area contributed by atoms with E-state index in [0.29, 0.717) is 21.3 Å². The Hall–Kier alpha value is -3.37. The summed E-state index contributed by atoms with van der Waals surface area (Å²) in [5.74, 6) is -0.971. The molecule has 0 aromatic heterocycles. The Balaban J connectivity index is 1.83. The quantitative estimate of drug-likeness (QED) is 0.170. The fraction of sp³-hybridized carbons (Fsp3) is 0.257. The Morgan fingerprint density at radius 3 is 2.11 bits per heavy atom. The van der Waals surface area contributed by atoms with E-state index in [1.54, 1.807) is 54.6 Å². The number of anilines is 1. The summed E-state index contributed by atoms with van der Waals surface area (Å²) in [6.07, 6.45) is 0.183. The molecule has 4 rings (SSSR count). The summed E-state index contributed by atoms with van der Waals surface area (Å²) < 4.78 is 30.1. The molecule has 0 heterocycles. The number of carbonyl (C=O) groups is 2. The van der Waals surface area contributed by atoms with E-state index in [9.17, 15) is 18.0 Å². The lowest BCUT2D eigenvalue weighted by Crippen LogP contribution is -2.56. The first-order chi connectivity index (χ1) is 21.6. The average Bonchev–Trinajstić information content (AvgIpc) is 2.99. The van der Waals surface area contributed by atoms with Gasteiger partial charge in [0.05, 0.1) is 10.6 Å². The number of halogens is 3. The van der Waals surface area contributed by atoms with Gasteiger partial charge in [0.15, 0.2) is 0 Å². The second-order valence-corrected chi connectivity index (χ2v) is 15.6. The average molecular weight is 746 g/mol. The number of amides is 2. The first-order valence-electron chi connectivity index (χ1n) is 14.6. The van der Waals surface area contributed by atoms with Crippen molar-refractivity contribution < 1.29 is 18.0 Å². The predicted molar refractivity (Wildman–Crippen MR) is 189 cm³/mol. The van der Waals surface area contributed by atoms with E-state index in [0.717, 1.165) is 19.9 Å². The third kappa shape index (κ3) is 9.35. The predicted octanol–water partition coefficient (Wildman–Crippen LogP) is 7.81. The van der Waals surface area contributed by atoms with Crippen molar-refractivity contribution in [1.82, 2.24) is 10.2 Å². The molecule has 0 saturated carbocycles. The van der Waals surface area contributed by atoms with Crippen LogP contribution in [0.1, 0.15) is 37.5 Å². The molecule has 0 unspecified atom stereocenters. The molecule has 0 saturated heterocycles. The Bertz CT molecular complexity index is 1780. The van der Waals surface area contributed by atoms with Gasteiger partial charge in [0.25, 0.3) is 10.0 Å². The topological polar surface area (TPSA) is 86.8 Å². The van der Waals surface area contributed by atoms with Crippen molar-refractivity contribution in [2.45, 2.75) is 57.1 Å². The highest BCUT2D eigenvalue weighted by Crippen LogP contribution is 2.28. The molecule has 2 amide bonds. The van der Waals surface area contributed by atoms with Gasteiger partial charge >= 0.3 is 0 Å². The van der Waals surface area contributed by atoms with Crippen LogP contribution in [0.15, 0.2) is 106 Å². The van der Waals surface area contributed by atoms with Crippen LogP contribution in [0, 0.1) is 6.92 Å². The molecule has 0 aliphatic rings. The zero-order valence-electron chi connectivity index (χ0n) is 26.0. The summed E-state index contributed by atoms with van der Waals surface area (Å²) in [6.45, 7) is 6.80. The van der Waals surface area contributed by atoms with Gasteiger partial charge in [-0.05, 0) is 87.4 Å². The van der Waals surface area contributed by atoms with Gasteiger partial charge in [-0.1, -0.05) is 93.2 Å². The zero-order chi connectivity index (χ0) is 33.6. The number of aryl methyl sites for hydroxylation is 1. The number of hydrogen-bond donors (Lipinski definition) is 1. The number of sulfonamides is 1. The van der Waals surface area contributed by atoms with Crippen molar-refractivity contribution in [3.8, 4) is 0 Å². The van der Waals surface area contributed by atoms with E-state index < -0.39 is 34.1 Å². The van der Waals surface area contributed by atoms with Crippen molar-refractivity contribution in [3.63, 3.8) is 0 Å². The number of hydrogen-bond acceptors (Lipinski definition) is 4. The minimum Gasteiger partial charge on any atom is -0.350 e. The monoisotopic (exact) mass is 743 g/mol. The molecule has 4 aromatic rings. The van der Waals surface area contributed by atoms with Crippen molar-refractivity contribution >= 4 is 66.7 Å². The van der Waals surface area contributed by atoms with Crippen molar-refractivity contribution in [2.24, 2.45) is 0 Å². The fourth-order valence-corrected chi connectivity index (χ4v) is 6.96. The highest BCUT2D eigenvalue weighted by atomic mass is 79.9. The maximum absolute atomic E-state index is 14.6. The van der Waals surface area contributed by atoms with Gasteiger partial charge in [-0.2, -0.15) is 0 Å². The largest absolute Gasteiger partial charge is 0.350 e. The van der Waals surface area contributed by atoms with Crippen LogP contribution in [0.4, 0.5) is 5.69 Å². The molecule has 0 fully saturated rings. The summed E-state index contributed by atoms with van der Waals surface area (Å²) in [4.78, 5) is 30.0. The van der Waals surface area contributed by atoms with E-state index >= 15 is 0 Å². The van der Waals surface area contributed by atoms with Crippen LogP contribution < -0.4 is 9.62 Å². The second-order valence-electron chi connectivity index (χ2n) is 12.0. The van der Waals surface area contributed by atoms with Crippen LogP contribution in [0.25, 0.3) is 0 Å². The van der Waals surface area contributed by atoms with Crippen LogP contribution in [-0.2, 0) is 32.6 Å². The fourth-order valence-electron chi connectivity index (χ4n) is 4.81. The Kier molecular flexibility index (Phi) is 11.6. The molecule has 242 valence electrons. The zero-order valence-corrected chi connectivity index (χ0v) is 29.9. The van der Waals surface area contributed by atoms with E-state index in [2.05, 4.69) is 21.2 Å². The third-order valence-corrected chi connectivity index (χ3v) is 10.0. The summed E-state index contributed by atoms with van der Waals surface area (Å²) in [7, 11) is -4.21. The van der Waals surface area contributed by atoms with Crippen molar-refractivity contribution in [2.75, 3.05) is 10.8 Å². The van der Waals surface area contributed by atoms with Gasteiger partial charge in [0.2, 0.25) is 11.8 Å². The molecular weight excluding hydrogens is 709 g/mol. The molecule has 0 aliphatic heterocycles. The lowest BCUT2D eigenvalue weighted by Gasteiger charge is -2.35. The van der Waals surface area contributed by atoms with Gasteiger partial charge in [-0.3, -0.25) is 13.9 Å². The van der Waals surface area contributed by atoms with Gasteiger partial charge in [-0.25, -0.2) is 8.42 Å². The van der Waals surface area contributed by atoms with Crippen molar-refractivity contribution in [3.05, 3.63) is 128 Å².